The molecule has 0 fully saturated rings. The maximum atomic E-state index is 13.4. The monoisotopic (exact) mass is 331 g/mol. The Balaban J connectivity index is 1.71. The van der Waals surface area contributed by atoms with Crippen molar-refractivity contribution in [1.29, 1.82) is 0 Å². The number of benzene rings is 2. The first-order valence-electron chi connectivity index (χ1n) is 7.28. The molecule has 0 saturated carbocycles. The van der Waals surface area contributed by atoms with E-state index in [1.807, 2.05) is 6.92 Å². The van der Waals surface area contributed by atoms with Gasteiger partial charge in [-0.25, -0.2) is 4.39 Å². The van der Waals surface area contributed by atoms with Crippen LogP contribution >= 0.6 is 11.8 Å². The molecule has 3 nitrogen and oxygen atoms in total. The Bertz CT molecular complexity index is 686. The highest BCUT2D eigenvalue weighted by Crippen LogP contribution is 2.14. The number of hydrogen-bond acceptors (Lipinski definition) is 3. The maximum absolute atomic E-state index is 13.4. The minimum atomic E-state index is -0.611. The second-order valence-corrected chi connectivity index (χ2v) is 6.20. The van der Waals surface area contributed by atoms with E-state index in [4.69, 9.17) is 0 Å². The van der Waals surface area contributed by atoms with Gasteiger partial charge in [-0.1, -0.05) is 48.0 Å². The van der Waals surface area contributed by atoms with Gasteiger partial charge in [0.2, 0.25) is 5.78 Å². The van der Waals surface area contributed by atoms with Crippen LogP contribution in [-0.4, -0.2) is 24.0 Å². The fourth-order valence-corrected chi connectivity index (χ4v) is 2.80. The number of rotatable bonds is 7. The van der Waals surface area contributed by atoms with Gasteiger partial charge < -0.3 is 5.32 Å². The van der Waals surface area contributed by atoms with Crippen molar-refractivity contribution in [2.75, 3.05) is 12.3 Å². The molecular weight excluding hydrogens is 313 g/mol. The van der Waals surface area contributed by atoms with Crippen LogP contribution in [0.4, 0.5) is 4.39 Å². The summed E-state index contributed by atoms with van der Waals surface area (Å²) in [4.78, 5) is 23.7. The van der Waals surface area contributed by atoms with Crippen LogP contribution in [0.15, 0.2) is 48.5 Å². The molecule has 23 heavy (non-hydrogen) atoms. The molecule has 0 heterocycles. The molecule has 1 N–H and O–H groups in total. The Hall–Kier alpha value is -2.14. The van der Waals surface area contributed by atoms with Crippen molar-refractivity contribution >= 4 is 23.5 Å². The van der Waals surface area contributed by atoms with E-state index >= 15 is 0 Å². The number of nitrogens with one attached hydrogen (secondary N) is 1. The van der Waals surface area contributed by atoms with Gasteiger partial charge in [-0.05, 0) is 18.6 Å². The summed E-state index contributed by atoms with van der Waals surface area (Å²) in [5, 5.41) is 2.59. The Morgan fingerprint density at radius 1 is 1.09 bits per heavy atom. The third-order valence-corrected chi connectivity index (χ3v) is 4.28. The predicted octanol–water partition coefficient (Wildman–Crippen LogP) is 3.37. The first kappa shape index (κ1) is 17.2. The molecule has 2 aromatic carbocycles. The molecule has 5 heteroatoms. The average molecular weight is 331 g/mol. The zero-order chi connectivity index (χ0) is 16.7. The summed E-state index contributed by atoms with van der Waals surface area (Å²) in [5.74, 6) is -0.224. The molecule has 1 amide bonds. The highest BCUT2D eigenvalue weighted by molar-refractivity contribution is 7.98. The second kappa shape index (κ2) is 8.48. The molecule has 120 valence electrons. The van der Waals surface area contributed by atoms with Crippen LogP contribution in [0.3, 0.4) is 0 Å². The summed E-state index contributed by atoms with van der Waals surface area (Å²) in [6.07, 6.45) is 0. The van der Waals surface area contributed by atoms with E-state index in [0.29, 0.717) is 29.2 Å². The maximum Gasteiger partial charge on any atom is 0.292 e. The van der Waals surface area contributed by atoms with Crippen molar-refractivity contribution in [3.05, 3.63) is 71.0 Å². The van der Waals surface area contributed by atoms with Gasteiger partial charge in [-0.2, -0.15) is 11.8 Å². The lowest BCUT2D eigenvalue weighted by Crippen LogP contribution is -2.32. The van der Waals surface area contributed by atoms with E-state index in [2.05, 4.69) is 5.32 Å². The van der Waals surface area contributed by atoms with E-state index in [9.17, 15) is 14.0 Å². The highest BCUT2D eigenvalue weighted by atomic mass is 32.2. The molecule has 0 unspecified atom stereocenters. The summed E-state index contributed by atoms with van der Waals surface area (Å²) in [5.41, 5.74) is 2.05. The lowest BCUT2D eigenvalue weighted by atomic mass is 10.1. The van der Waals surface area contributed by atoms with Gasteiger partial charge >= 0.3 is 0 Å². The zero-order valence-electron chi connectivity index (χ0n) is 12.8. The number of amides is 1. The smallest absolute Gasteiger partial charge is 0.292 e. The molecule has 0 aliphatic rings. The highest BCUT2D eigenvalue weighted by Gasteiger charge is 2.15. The van der Waals surface area contributed by atoms with E-state index in [1.165, 1.54) is 17.8 Å². The SMILES string of the molecule is Cc1ccc(C(=O)C(=O)NCCSCc2ccccc2F)cc1. The molecule has 2 aromatic rings. The van der Waals surface area contributed by atoms with Crippen molar-refractivity contribution in [1.82, 2.24) is 5.32 Å². The van der Waals surface area contributed by atoms with E-state index in [1.54, 1.807) is 42.5 Å². The lowest BCUT2D eigenvalue weighted by Gasteiger charge is -2.06. The number of Topliss-reactive ketones (excluding diaryl/α,β-unsaturated/α-hetero) is 1. The van der Waals surface area contributed by atoms with Crippen molar-refractivity contribution in [3.63, 3.8) is 0 Å². The van der Waals surface area contributed by atoms with Gasteiger partial charge in [0.05, 0.1) is 0 Å². The van der Waals surface area contributed by atoms with Gasteiger partial charge in [-0.3, -0.25) is 9.59 Å². The van der Waals surface area contributed by atoms with Gasteiger partial charge in [0.1, 0.15) is 5.82 Å². The predicted molar refractivity (Wildman–Crippen MR) is 91.1 cm³/mol. The van der Waals surface area contributed by atoms with Gasteiger partial charge in [0.25, 0.3) is 5.91 Å². The summed E-state index contributed by atoms with van der Waals surface area (Å²) < 4.78 is 13.4. The van der Waals surface area contributed by atoms with E-state index in [0.717, 1.165) is 5.56 Å². The number of halogens is 1. The Morgan fingerprint density at radius 3 is 2.48 bits per heavy atom. The average Bonchev–Trinajstić information content (AvgIpc) is 2.56. The lowest BCUT2D eigenvalue weighted by molar-refractivity contribution is -0.116. The van der Waals surface area contributed by atoms with Crippen LogP contribution in [0.1, 0.15) is 21.5 Å². The molecule has 0 aromatic heterocycles. The third-order valence-electron chi connectivity index (χ3n) is 3.27. The minimum Gasteiger partial charge on any atom is -0.348 e. The fraction of sp³-hybridized carbons (Fsp3) is 0.222. The third kappa shape index (κ3) is 5.21. The normalized spacial score (nSPS) is 10.3. The van der Waals surface area contributed by atoms with Gasteiger partial charge in [0, 0.05) is 23.6 Å². The first-order chi connectivity index (χ1) is 11.1. The van der Waals surface area contributed by atoms with Crippen LogP contribution < -0.4 is 5.32 Å². The number of hydrogen-bond donors (Lipinski definition) is 1. The molecule has 0 atom stereocenters. The van der Waals surface area contributed by atoms with Crippen molar-refractivity contribution in [2.45, 2.75) is 12.7 Å². The van der Waals surface area contributed by atoms with E-state index < -0.39 is 11.7 Å². The number of carbonyl (C=O) groups is 2. The van der Waals surface area contributed by atoms with Crippen molar-refractivity contribution in [3.8, 4) is 0 Å². The molecule has 0 aliphatic carbocycles. The number of carbonyl (C=O) groups excluding carboxylic acids is 2. The van der Waals surface area contributed by atoms with Crippen LogP contribution in [-0.2, 0) is 10.5 Å². The molecule has 0 radical (unpaired) electrons. The molecule has 0 bridgehead atoms. The molecule has 0 saturated heterocycles. The Kier molecular flexibility index (Phi) is 6.35. The van der Waals surface area contributed by atoms with Crippen LogP contribution in [0.2, 0.25) is 0 Å². The molecule has 0 spiro atoms. The van der Waals surface area contributed by atoms with Crippen molar-refractivity contribution < 1.29 is 14.0 Å². The summed E-state index contributed by atoms with van der Waals surface area (Å²) >= 11 is 1.51. The van der Waals surface area contributed by atoms with Crippen molar-refractivity contribution in [2.24, 2.45) is 0 Å². The zero-order valence-corrected chi connectivity index (χ0v) is 13.7. The van der Waals surface area contributed by atoms with Crippen LogP contribution in [0, 0.1) is 12.7 Å². The molecule has 0 aliphatic heterocycles. The fourth-order valence-electron chi connectivity index (χ4n) is 1.95. The largest absolute Gasteiger partial charge is 0.348 e. The van der Waals surface area contributed by atoms with E-state index in [-0.39, 0.29) is 5.82 Å². The topological polar surface area (TPSA) is 46.2 Å². The van der Waals surface area contributed by atoms with Gasteiger partial charge in [0.15, 0.2) is 0 Å². The molecule has 2 rings (SSSR count). The van der Waals surface area contributed by atoms with Crippen LogP contribution in [0.25, 0.3) is 0 Å². The number of aryl methyl sites for hydroxylation is 1. The summed E-state index contributed by atoms with van der Waals surface area (Å²) in [6, 6.07) is 13.5. The molecular formula is C18H18FNO2S. The number of thioether (sulfide) groups is 1. The Labute approximate surface area is 139 Å². The Morgan fingerprint density at radius 2 is 1.78 bits per heavy atom. The van der Waals surface area contributed by atoms with Crippen LogP contribution in [0.5, 0.6) is 0 Å². The minimum absolute atomic E-state index is 0.224. The first-order valence-corrected chi connectivity index (χ1v) is 8.44. The number of ketones is 1. The summed E-state index contributed by atoms with van der Waals surface area (Å²) in [7, 11) is 0. The van der Waals surface area contributed by atoms with Gasteiger partial charge in [-0.15, -0.1) is 0 Å². The summed E-state index contributed by atoms with van der Waals surface area (Å²) in [6.45, 7) is 2.29. The quantitative estimate of drug-likeness (QED) is 0.481. The second-order valence-electron chi connectivity index (χ2n) is 5.10. The standard InChI is InChI=1S/C18H18FNO2S/c1-13-6-8-14(9-7-13)17(21)18(22)20-10-11-23-12-15-4-2-3-5-16(15)19/h2-9H,10-12H2,1H3,(H,20,22).